The molecule has 0 fully saturated rings. The Kier molecular flexibility index (Phi) is 4.92. The van der Waals surface area contributed by atoms with Gasteiger partial charge in [0.05, 0.1) is 48.3 Å². The van der Waals surface area contributed by atoms with Crippen molar-refractivity contribution in [3.63, 3.8) is 0 Å². The van der Waals surface area contributed by atoms with E-state index in [1.807, 2.05) is 0 Å². The molecule has 2 aromatic heterocycles. The SMILES string of the molecule is Cn1ccc(-c2c(C(=O)N[C@H]3COc4ccc(C(F)(F)F)cc4C3)nn3c2COCC3)n1. The molecule has 0 spiro atoms. The summed E-state index contributed by atoms with van der Waals surface area (Å²) in [5.41, 5.74) is 1.83. The summed E-state index contributed by atoms with van der Waals surface area (Å²) >= 11 is 0. The molecule has 4 heterocycles. The number of amides is 1. The summed E-state index contributed by atoms with van der Waals surface area (Å²) in [6, 6.07) is 4.68. The Bertz CT molecular complexity index is 1180. The van der Waals surface area contributed by atoms with Crippen LogP contribution in [0.25, 0.3) is 11.3 Å². The number of hydrogen-bond acceptors (Lipinski definition) is 5. The molecule has 0 saturated heterocycles. The van der Waals surface area contributed by atoms with Crippen LogP contribution in [0.15, 0.2) is 30.5 Å². The first-order valence-corrected chi connectivity index (χ1v) is 10.1. The minimum absolute atomic E-state index is 0.152. The second-order valence-corrected chi connectivity index (χ2v) is 7.83. The van der Waals surface area contributed by atoms with Gasteiger partial charge in [0.25, 0.3) is 5.91 Å². The second kappa shape index (κ2) is 7.66. The van der Waals surface area contributed by atoms with E-state index >= 15 is 0 Å². The van der Waals surface area contributed by atoms with Crippen molar-refractivity contribution in [2.75, 3.05) is 13.2 Å². The molecule has 1 aromatic carbocycles. The zero-order valence-electron chi connectivity index (χ0n) is 17.1. The lowest BCUT2D eigenvalue weighted by atomic mass is 9.99. The predicted octanol–water partition coefficient (Wildman–Crippen LogP) is 2.57. The minimum Gasteiger partial charge on any atom is -0.491 e. The quantitative estimate of drug-likeness (QED) is 0.668. The number of ether oxygens (including phenoxy) is 2. The number of carbonyl (C=O) groups is 1. The number of benzene rings is 1. The van der Waals surface area contributed by atoms with Crippen molar-refractivity contribution in [1.29, 1.82) is 0 Å². The van der Waals surface area contributed by atoms with Gasteiger partial charge in [0.15, 0.2) is 5.69 Å². The van der Waals surface area contributed by atoms with E-state index in [4.69, 9.17) is 9.47 Å². The smallest absolute Gasteiger partial charge is 0.416 e. The van der Waals surface area contributed by atoms with Gasteiger partial charge in [-0.05, 0) is 36.2 Å². The maximum atomic E-state index is 13.2. The van der Waals surface area contributed by atoms with E-state index in [-0.39, 0.29) is 18.7 Å². The number of aromatic nitrogens is 4. The van der Waals surface area contributed by atoms with E-state index in [9.17, 15) is 18.0 Å². The van der Waals surface area contributed by atoms with Gasteiger partial charge < -0.3 is 14.8 Å². The van der Waals surface area contributed by atoms with E-state index in [1.165, 1.54) is 6.07 Å². The molecule has 11 heteroatoms. The third-order valence-corrected chi connectivity index (χ3v) is 5.56. The molecule has 168 valence electrons. The van der Waals surface area contributed by atoms with E-state index in [0.717, 1.165) is 17.8 Å². The van der Waals surface area contributed by atoms with Crippen molar-refractivity contribution in [2.45, 2.75) is 31.8 Å². The van der Waals surface area contributed by atoms with Crippen molar-refractivity contribution in [2.24, 2.45) is 7.05 Å². The summed E-state index contributed by atoms with van der Waals surface area (Å²) in [5, 5.41) is 11.8. The average molecular weight is 447 g/mol. The van der Waals surface area contributed by atoms with E-state index in [1.54, 1.807) is 28.7 Å². The number of nitrogens with one attached hydrogen (secondary N) is 1. The zero-order chi connectivity index (χ0) is 22.5. The lowest BCUT2D eigenvalue weighted by molar-refractivity contribution is -0.137. The molecular weight excluding hydrogens is 427 g/mol. The second-order valence-electron chi connectivity index (χ2n) is 7.83. The monoisotopic (exact) mass is 447 g/mol. The van der Waals surface area contributed by atoms with Crippen LogP contribution in [0.5, 0.6) is 5.75 Å². The van der Waals surface area contributed by atoms with Crippen molar-refractivity contribution < 1.29 is 27.4 Å². The van der Waals surface area contributed by atoms with E-state index in [2.05, 4.69) is 15.5 Å². The highest BCUT2D eigenvalue weighted by atomic mass is 19.4. The molecule has 0 radical (unpaired) electrons. The topological polar surface area (TPSA) is 83.2 Å². The summed E-state index contributed by atoms with van der Waals surface area (Å²) in [6.45, 7) is 1.47. The molecule has 5 rings (SSSR count). The third-order valence-electron chi connectivity index (χ3n) is 5.56. The van der Waals surface area contributed by atoms with Gasteiger partial charge in [-0.3, -0.25) is 14.2 Å². The molecule has 32 heavy (non-hydrogen) atoms. The highest BCUT2D eigenvalue weighted by Crippen LogP contribution is 2.34. The Labute approximate surface area is 180 Å². The molecule has 1 atom stereocenters. The van der Waals surface area contributed by atoms with Crippen molar-refractivity contribution in [3.05, 3.63) is 53.0 Å². The number of carbonyl (C=O) groups excluding carboxylic acids is 1. The maximum Gasteiger partial charge on any atom is 0.416 e. The molecule has 0 aliphatic carbocycles. The largest absolute Gasteiger partial charge is 0.491 e. The van der Waals surface area contributed by atoms with Crippen LogP contribution in [-0.4, -0.2) is 44.7 Å². The number of aryl methyl sites for hydroxylation is 1. The summed E-state index contributed by atoms with van der Waals surface area (Å²) in [5.74, 6) is -0.0381. The molecule has 2 aliphatic rings. The van der Waals surface area contributed by atoms with Crippen LogP contribution < -0.4 is 10.1 Å². The van der Waals surface area contributed by atoms with Gasteiger partial charge in [0.1, 0.15) is 12.4 Å². The van der Waals surface area contributed by atoms with E-state index in [0.29, 0.717) is 42.3 Å². The van der Waals surface area contributed by atoms with Crippen LogP contribution in [0.1, 0.15) is 27.3 Å². The van der Waals surface area contributed by atoms with Crippen molar-refractivity contribution >= 4 is 5.91 Å². The first kappa shape index (κ1) is 20.6. The minimum atomic E-state index is -4.44. The number of nitrogens with zero attached hydrogens (tertiary/aromatic N) is 4. The lowest BCUT2D eigenvalue weighted by Crippen LogP contribution is -2.43. The van der Waals surface area contributed by atoms with Crippen molar-refractivity contribution in [1.82, 2.24) is 24.9 Å². The number of halogens is 3. The summed E-state index contributed by atoms with van der Waals surface area (Å²) in [4.78, 5) is 13.2. The standard InChI is InChI=1S/C21H20F3N5O3/c1-28-5-4-15(26-28)18-16-11-31-7-6-29(16)27-19(18)20(30)25-14-9-12-8-13(21(22,23)24)2-3-17(12)32-10-14/h2-5,8,14H,6-7,9-11H2,1H3,(H,25,30)/t14-/m1/s1. The van der Waals surface area contributed by atoms with Crippen LogP contribution in [0.3, 0.4) is 0 Å². The molecular formula is C21H20F3N5O3. The van der Waals surface area contributed by atoms with Crippen LogP contribution in [0.4, 0.5) is 13.2 Å². The van der Waals surface area contributed by atoms with Crippen molar-refractivity contribution in [3.8, 4) is 17.0 Å². The van der Waals surface area contributed by atoms with E-state index < -0.39 is 23.7 Å². The Balaban J connectivity index is 1.41. The van der Waals surface area contributed by atoms with Crippen LogP contribution >= 0.6 is 0 Å². The Morgan fingerprint density at radius 1 is 1.25 bits per heavy atom. The first-order chi connectivity index (χ1) is 15.3. The summed E-state index contributed by atoms with van der Waals surface area (Å²) < 4.78 is 53.7. The third kappa shape index (κ3) is 3.72. The Morgan fingerprint density at radius 2 is 2.09 bits per heavy atom. The average Bonchev–Trinajstić information content (AvgIpc) is 3.35. The van der Waals surface area contributed by atoms with Gasteiger partial charge in [0.2, 0.25) is 0 Å². The molecule has 0 bridgehead atoms. The van der Waals surface area contributed by atoms with Crippen LogP contribution in [0, 0.1) is 0 Å². The predicted molar refractivity (Wildman–Crippen MR) is 106 cm³/mol. The van der Waals surface area contributed by atoms with Gasteiger partial charge in [-0.2, -0.15) is 23.4 Å². The van der Waals surface area contributed by atoms with Gasteiger partial charge >= 0.3 is 6.18 Å². The molecule has 2 aliphatic heterocycles. The number of hydrogen-bond donors (Lipinski definition) is 1. The van der Waals surface area contributed by atoms with Gasteiger partial charge in [-0.25, -0.2) is 0 Å². The fourth-order valence-corrected chi connectivity index (χ4v) is 4.04. The number of alkyl halides is 3. The first-order valence-electron chi connectivity index (χ1n) is 10.1. The molecule has 3 aromatic rings. The molecule has 8 nitrogen and oxygen atoms in total. The Morgan fingerprint density at radius 3 is 2.84 bits per heavy atom. The molecule has 0 unspecified atom stereocenters. The fourth-order valence-electron chi connectivity index (χ4n) is 4.04. The van der Waals surface area contributed by atoms with Crippen LogP contribution in [-0.2, 0) is 37.5 Å². The highest BCUT2D eigenvalue weighted by Gasteiger charge is 2.33. The molecule has 1 amide bonds. The molecule has 1 N–H and O–H groups in total. The zero-order valence-corrected chi connectivity index (χ0v) is 17.1. The normalized spacial score (nSPS) is 17.9. The number of rotatable bonds is 3. The highest BCUT2D eigenvalue weighted by molar-refractivity contribution is 5.99. The summed E-state index contributed by atoms with van der Waals surface area (Å²) in [6.07, 6.45) is -2.45. The molecule has 0 saturated carbocycles. The Hall–Kier alpha value is -3.34. The number of fused-ring (bicyclic) bond motifs is 2. The van der Waals surface area contributed by atoms with Gasteiger partial charge in [-0.15, -0.1) is 0 Å². The van der Waals surface area contributed by atoms with Crippen LogP contribution in [0.2, 0.25) is 0 Å². The van der Waals surface area contributed by atoms with Gasteiger partial charge in [0, 0.05) is 13.2 Å². The summed E-state index contributed by atoms with van der Waals surface area (Å²) in [7, 11) is 1.78. The lowest BCUT2D eigenvalue weighted by Gasteiger charge is -2.26. The van der Waals surface area contributed by atoms with Gasteiger partial charge in [-0.1, -0.05) is 0 Å². The fraction of sp³-hybridized carbons (Fsp3) is 0.381. The maximum absolute atomic E-state index is 13.2.